The first-order chi connectivity index (χ1) is 9.15. The predicted molar refractivity (Wildman–Crippen MR) is 65.8 cm³/mol. The van der Waals surface area contributed by atoms with Crippen LogP contribution in [0, 0.1) is 0 Å². The van der Waals surface area contributed by atoms with Crippen LogP contribution in [0.15, 0.2) is 0 Å². The quantitative estimate of drug-likeness (QED) is 0.722. The van der Waals surface area contributed by atoms with E-state index in [1.165, 1.54) is 4.90 Å². The molecule has 2 aliphatic heterocycles. The minimum Gasteiger partial charge on any atom is -0.480 e. The summed E-state index contributed by atoms with van der Waals surface area (Å²) in [6, 6.07) is -1.42. The van der Waals surface area contributed by atoms with Crippen molar-refractivity contribution < 1.29 is 24.5 Å². The van der Waals surface area contributed by atoms with Gasteiger partial charge >= 0.3 is 12.0 Å². The van der Waals surface area contributed by atoms with Crippen molar-refractivity contribution in [3.8, 4) is 0 Å². The molecule has 2 saturated heterocycles. The summed E-state index contributed by atoms with van der Waals surface area (Å²) in [4.78, 5) is 26.6. The summed E-state index contributed by atoms with van der Waals surface area (Å²) < 4.78 is 5.12. The number of likely N-dealkylation sites (tertiary alicyclic amines) is 1. The Morgan fingerprint density at radius 1 is 1.21 bits per heavy atom. The van der Waals surface area contributed by atoms with Crippen LogP contribution in [-0.4, -0.2) is 77.0 Å². The van der Waals surface area contributed by atoms with Gasteiger partial charge in [-0.3, -0.25) is 0 Å². The molecule has 2 atom stereocenters. The highest BCUT2D eigenvalue weighted by atomic mass is 16.5. The largest absolute Gasteiger partial charge is 0.480 e. The number of aliphatic carboxylic acids is 1. The van der Waals surface area contributed by atoms with Gasteiger partial charge in [-0.2, -0.15) is 0 Å². The molecule has 0 aromatic carbocycles. The number of carboxylic acid groups (broad SMARTS) is 1. The zero-order valence-electron chi connectivity index (χ0n) is 10.8. The number of hydrogen-bond acceptors (Lipinski definition) is 4. The molecule has 7 heteroatoms. The molecular weight excluding hydrogens is 252 g/mol. The number of aliphatic hydroxyl groups excluding tert-OH is 1. The van der Waals surface area contributed by atoms with E-state index in [9.17, 15) is 14.7 Å². The normalized spacial score (nSPS) is 28.3. The molecule has 0 aliphatic carbocycles. The van der Waals surface area contributed by atoms with Gasteiger partial charge in [0.2, 0.25) is 0 Å². The number of hydrogen-bond donors (Lipinski definition) is 2. The number of carboxylic acids is 1. The van der Waals surface area contributed by atoms with Crippen LogP contribution in [0.1, 0.15) is 19.3 Å². The Morgan fingerprint density at radius 2 is 2.00 bits per heavy atom. The Labute approximate surface area is 111 Å². The number of carbonyl (C=O) groups is 2. The molecule has 2 amide bonds. The third-order valence-electron chi connectivity index (χ3n) is 3.74. The number of aliphatic hydroxyl groups is 1. The molecular formula is C12H20N2O5. The lowest BCUT2D eigenvalue weighted by Crippen LogP contribution is -2.59. The fourth-order valence-electron chi connectivity index (χ4n) is 2.64. The zero-order valence-corrected chi connectivity index (χ0v) is 10.8. The van der Waals surface area contributed by atoms with E-state index in [4.69, 9.17) is 9.84 Å². The third kappa shape index (κ3) is 2.98. The number of ether oxygens (including phenoxy) is 1. The van der Waals surface area contributed by atoms with E-state index in [2.05, 4.69) is 0 Å². The number of amides is 2. The summed E-state index contributed by atoms with van der Waals surface area (Å²) in [6.45, 7) is 1.16. The van der Waals surface area contributed by atoms with Crippen molar-refractivity contribution in [3.63, 3.8) is 0 Å². The summed E-state index contributed by atoms with van der Waals surface area (Å²) in [7, 11) is 0. The number of urea groups is 1. The number of carbonyl (C=O) groups excluding carboxylic acids is 1. The van der Waals surface area contributed by atoms with Crippen molar-refractivity contribution in [1.29, 1.82) is 0 Å². The van der Waals surface area contributed by atoms with Crippen molar-refractivity contribution in [2.75, 3.05) is 32.9 Å². The van der Waals surface area contributed by atoms with Crippen molar-refractivity contribution in [2.24, 2.45) is 0 Å². The lowest BCUT2D eigenvalue weighted by molar-refractivity contribution is -0.147. The Morgan fingerprint density at radius 3 is 2.68 bits per heavy atom. The highest BCUT2D eigenvalue weighted by Crippen LogP contribution is 2.20. The fourth-order valence-corrected chi connectivity index (χ4v) is 2.64. The van der Waals surface area contributed by atoms with E-state index in [1.54, 1.807) is 4.90 Å². The van der Waals surface area contributed by atoms with Crippen molar-refractivity contribution in [2.45, 2.75) is 31.3 Å². The first-order valence-corrected chi connectivity index (χ1v) is 6.63. The summed E-state index contributed by atoms with van der Waals surface area (Å²) >= 11 is 0. The Bertz CT molecular complexity index is 349. The van der Waals surface area contributed by atoms with Gasteiger partial charge in [0, 0.05) is 13.1 Å². The van der Waals surface area contributed by atoms with E-state index in [0.29, 0.717) is 13.2 Å². The number of nitrogens with zero attached hydrogens (tertiary/aromatic N) is 2. The smallest absolute Gasteiger partial charge is 0.328 e. The van der Waals surface area contributed by atoms with E-state index >= 15 is 0 Å². The first-order valence-electron chi connectivity index (χ1n) is 6.63. The minimum absolute atomic E-state index is 0.0265. The molecule has 0 aromatic heterocycles. The molecule has 2 rings (SSSR count). The lowest BCUT2D eigenvalue weighted by Gasteiger charge is -2.41. The SMILES string of the molecule is O=C(O)C1COCCN1C(=O)N1CCCCC1CO. The summed E-state index contributed by atoms with van der Waals surface area (Å²) in [6.07, 6.45) is 2.65. The van der Waals surface area contributed by atoms with Gasteiger partial charge in [0.15, 0.2) is 6.04 Å². The molecule has 2 fully saturated rings. The number of piperidine rings is 1. The number of morpholine rings is 1. The van der Waals surface area contributed by atoms with Gasteiger partial charge in [0.25, 0.3) is 0 Å². The van der Waals surface area contributed by atoms with Crippen LogP contribution in [0.3, 0.4) is 0 Å². The second-order valence-corrected chi connectivity index (χ2v) is 4.93. The third-order valence-corrected chi connectivity index (χ3v) is 3.74. The van der Waals surface area contributed by atoms with Gasteiger partial charge in [-0.1, -0.05) is 0 Å². The van der Waals surface area contributed by atoms with Crippen LogP contribution in [0.5, 0.6) is 0 Å². The van der Waals surface area contributed by atoms with E-state index < -0.39 is 12.0 Å². The standard InChI is InChI=1S/C12H20N2O5/c15-7-9-3-1-2-4-13(9)12(18)14-5-6-19-8-10(14)11(16)17/h9-10,15H,1-8H2,(H,16,17). The van der Waals surface area contributed by atoms with Crippen molar-refractivity contribution in [3.05, 3.63) is 0 Å². The monoisotopic (exact) mass is 272 g/mol. The molecule has 7 nitrogen and oxygen atoms in total. The molecule has 108 valence electrons. The maximum Gasteiger partial charge on any atom is 0.328 e. The Kier molecular flexibility index (Phi) is 4.60. The summed E-state index contributed by atoms with van der Waals surface area (Å²) in [5.74, 6) is -1.05. The van der Waals surface area contributed by atoms with Crippen LogP contribution >= 0.6 is 0 Å². The van der Waals surface area contributed by atoms with Gasteiger partial charge in [-0.25, -0.2) is 9.59 Å². The molecule has 0 radical (unpaired) electrons. The van der Waals surface area contributed by atoms with Crippen LogP contribution < -0.4 is 0 Å². The van der Waals surface area contributed by atoms with Gasteiger partial charge in [0.05, 0.1) is 25.9 Å². The average Bonchev–Trinajstić information content (AvgIpc) is 2.46. The topological polar surface area (TPSA) is 90.3 Å². The van der Waals surface area contributed by atoms with Crippen LogP contribution in [0.25, 0.3) is 0 Å². The predicted octanol–water partition coefficient (Wildman–Crippen LogP) is -0.261. The molecule has 0 bridgehead atoms. The highest BCUT2D eigenvalue weighted by Gasteiger charge is 2.37. The van der Waals surface area contributed by atoms with E-state index in [1.807, 2.05) is 0 Å². The van der Waals surface area contributed by atoms with Crippen molar-refractivity contribution >= 4 is 12.0 Å². The molecule has 19 heavy (non-hydrogen) atoms. The second-order valence-electron chi connectivity index (χ2n) is 4.93. The van der Waals surface area contributed by atoms with Crippen LogP contribution in [0.4, 0.5) is 4.79 Å². The number of rotatable bonds is 2. The summed E-state index contributed by atoms with van der Waals surface area (Å²) in [5.41, 5.74) is 0. The van der Waals surface area contributed by atoms with Gasteiger partial charge in [0.1, 0.15) is 0 Å². The van der Waals surface area contributed by atoms with Crippen molar-refractivity contribution in [1.82, 2.24) is 9.80 Å². The molecule has 2 heterocycles. The van der Waals surface area contributed by atoms with Gasteiger partial charge < -0.3 is 24.7 Å². The molecule has 2 N–H and O–H groups in total. The molecule has 2 aliphatic rings. The van der Waals surface area contributed by atoms with Gasteiger partial charge in [-0.15, -0.1) is 0 Å². The molecule has 0 spiro atoms. The maximum atomic E-state index is 12.5. The Hall–Kier alpha value is -1.34. The van der Waals surface area contributed by atoms with Crippen LogP contribution in [0.2, 0.25) is 0 Å². The summed E-state index contributed by atoms with van der Waals surface area (Å²) in [5, 5.41) is 18.5. The van der Waals surface area contributed by atoms with E-state index in [0.717, 1.165) is 19.3 Å². The first kappa shape index (κ1) is 14.1. The van der Waals surface area contributed by atoms with Crippen LogP contribution in [-0.2, 0) is 9.53 Å². The Balaban J connectivity index is 2.09. The zero-order chi connectivity index (χ0) is 13.8. The lowest BCUT2D eigenvalue weighted by atomic mass is 10.0. The highest BCUT2D eigenvalue weighted by molar-refractivity contribution is 5.83. The second kappa shape index (κ2) is 6.21. The van der Waals surface area contributed by atoms with Gasteiger partial charge in [-0.05, 0) is 19.3 Å². The molecule has 2 unspecified atom stereocenters. The maximum absolute atomic E-state index is 12.5. The van der Waals surface area contributed by atoms with E-state index in [-0.39, 0.29) is 31.8 Å². The molecule has 0 saturated carbocycles. The molecule has 0 aromatic rings. The average molecular weight is 272 g/mol. The fraction of sp³-hybridized carbons (Fsp3) is 0.833. The minimum atomic E-state index is -1.05.